The van der Waals surface area contributed by atoms with E-state index in [2.05, 4.69) is 5.32 Å². The van der Waals surface area contributed by atoms with Crippen molar-refractivity contribution in [1.29, 1.82) is 0 Å². The van der Waals surface area contributed by atoms with Gasteiger partial charge in [-0.05, 0) is 19.4 Å². The van der Waals surface area contributed by atoms with Crippen LogP contribution in [0.3, 0.4) is 0 Å². The van der Waals surface area contributed by atoms with E-state index in [1.807, 2.05) is 6.92 Å². The average Bonchev–Trinajstić information content (AvgIpc) is 2.89. The van der Waals surface area contributed by atoms with Crippen molar-refractivity contribution in [3.63, 3.8) is 0 Å². The summed E-state index contributed by atoms with van der Waals surface area (Å²) < 4.78 is 54.1. The van der Waals surface area contributed by atoms with Crippen molar-refractivity contribution in [3.05, 3.63) is 63.1 Å². The number of amides is 2. The van der Waals surface area contributed by atoms with Crippen LogP contribution in [0.5, 0.6) is 5.75 Å². The van der Waals surface area contributed by atoms with Gasteiger partial charge in [0.15, 0.2) is 11.9 Å². The summed E-state index contributed by atoms with van der Waals surface area (Å²) in [7, 11) is 1.42. The Balaban J connectivity index is 0.00000441. The summed E-state index contributed by atoms with van der Waals surface area (Å²) >= 11 is 0. The molecule has 0 unspecified atom stereocenters. The molecule has 1 fully saturated rings. The fraction of sp³-hybridized carbons (Fsp3) is 0.440. The number of ether oxygens (including phenoxy) is 5. The quantitative estimate of drug-likeness (QED) is 0.266. The van der Waals surface area contributed by atoms with Gasteiger partial charge in [0.05, 0.1) is 19.8 Å². The summed E-state index contributed by atoms with van der Waals surface area (Å²) in [5, 5.41) is 2.41. The van der Waals surface area contributed by atoms with Crippen LogP contribution in [0, 0.1) is 11.6 Å². The number of nitrogens with one attached hydrogen (secondary N) is 1. The van der Waals surface area contributed by atoms with E-state index in [-0.39, 0.29) is 56.0 Å². The highest BCUT2D eigenvalue weighted by Crippen LogP contribution is 2.30. The standard InChI is InChI=1S/C25H27F2N3O9.ClH/c1-14-5-6-36-19-12-29-11-17(23(32)28-10-15-3-4-16(26)9-18(15)27)21(31)22(20(29)24(33)30(14)19)38-13-39-25(34)37-8-7-35-2;/h3-4,9,11,14,19H,5-8,10,12-13H2,1-2H3,(H,28,32);1H/t14-,19+;/m1./s1. The van der Waals surface area contributed by atoms with E-state index < -0.39 is 59.4 Å². The lowest BCUT2D eigenvalue weighted by Crippen LogP contribution is -2.57. The largest absolute Gasteiger partial charge is 0.511 e. The number of hydrogen-bond donors (Lipinski definition) is 1. The van der Waals surface area contributed by atoms with Gasteiger partial charge in [0.2, 0.25) is 18.0 Å². The molecule has 12 nitrogen and oxygen atoms in total. The number of carbonyl (C=O) groups is 3. The van der Waals surface area contributed by atoms with Gasteiger partial charge < -0.3 is 38.5 Å². The maximum atomic E-state index is 14.0. The summed E-state index contributed by atoms with van der Waals surface area (Å²) in [4.78, 5) is 53.0. The number of fused-ring (bicyclic) bond motifs is 2. The van der Waals surface area contributed by atoms with E-state index in [4.69, 9.17) is 23.7 Å². The van der Waals surface area contributed by atoms with Crippen LogP contribution in [0.2, 0.25) is 0 Å². The van der Waals surface area contributed by atoms with Gasteiger partial charge in [-0.15, -0.1) is 12.4 Å². The highest BCUT2D eigenvalue weighted by molar-refractivity contribution is 5.99. The van der Waals surface area contributed by atoms with E-state index in [9.17, 15) is 28.0 Å². The minimum atomic E-state index is -1.10. The van der Waals surface area contributed by atoms with Gasteiger partial charge in [-0.2, -0.15) is 0 Å². The number of carbonyl (C=O) groups excluding carboxylic acids is 3. The number of hydrogen-bond acceptors (Lipinski definition) is 9. The molecule has 218 valence electrons. The highest BCUT2D eigenvalue weighted by Gasteiger charge is 2.41. The van der Waals surface area contributed by atoms with Gasteiger partial charge in [-0.25, -0.2) is 13.6 Å². The molecule has 0 radical (unpaired) electrons. The summed E-state index contributed by atoms with van der Waals surface area (Å²) in [5.74, 6) is -3.61. The SMILES string of the molecule is COCCOC(=O)OCOc1c2n(cc(C(=O)NCc3ccc(F)cc3F)c1=O)C[C@@H]1OCC[C@@H](C)N1C2=O.Cl. The third-order valence-electron chi connectivity index (χ3n) is 6.25. The molecular weight excluding hydrogens is 560 g/mol. The number of aromatic nitrogens is 1. The van der Waals surface area contributed by atoms with Gasteiger partial charge in [0.1, 0.15) is 23.8 Å². The first-order valence-corrected chi connectivity index (χ1v) is 12.1. The van der Waals surface area contributed by atoms with Crippen LogP contribution in [-0.2, 0) is 32.0 Å². The Morgan fingerprint density at radius 1 is 1.18 bits per heavy atom. The summed E-state index contributed by atoms with van der Waals surface area (Å²) in [6.07, 6.45) is 0.0408. The number of halogens is 3. The summed E-state index contributed by atoms with van der Waals surface area (Å²) in [5.41, 5.74) is -1.52. The van der Waals surface area contributed by atoms with Crippen LogP contribution < -0.4 is 15.5 Å². The fourth-order valence-corrected chi connectivity index (χ4v) is 4.26. The van der Waals surface area contributed by atoms with Gasteiger partial charge in [-0.3, -0.25) is 14.4 Å². The molecular formula is C25H28ClF2N3O9. The van der Waals surface area contributed by atoms with E-state index in [1.165, 1.54) is 22.8 Å². The van der Waals surface area contributed by atoms with Crippen LogP contribution in [0.4, 0.5) is 13.6 Å². The molecule has 1 saturated heterocycles. The molecule has 3 heterocycles. The first kappa shape index (κ1) is 30.8. The van der Waals surface area contributed by atoms with E-state index in [1.54, 1.807) is 0 Å². The molecule has 2 atom stereocenters. The second-order valence-corrected chi connectivity index (χ2v) is 8.79. The van der Waals surface area contributed by atoms with E-state index >= 15 is 0 Å². The normalized spacial score (nSPS) is 17.7. The Bertz CT molecular complexity index is 1320. The predicted molar refractivity (Wildman–Crippen MR) is 135 cm³/mol. The Morgan fingerprint density at radius 2 is 1.95 bits per heavy atom. The van der Waals surface area contributed by atoms with Crippen molar-refractivity contribution in [3.8, 4) is 5.75 Å². The third kappa shape index (κ3) is 6.69. The molecule has 2 aliphatic heterocycles. The minimum Gasteiger partial charge on any atom is -0.451 e. The second kappa shape index (κ2) is 13.5. The molecule has 1 aromatic carbocycles. The maximum absolute atomic E-state index is 14.0. The number of nitrogens with zero attached hydrogens (tertiary/aromatic N) is 2. The van der Waals surface area contributed by atoms with Crippen LogP contribution in [0.25, 0.3) is 0 Å². The van der Waals surface area contributed by atoms with Crippen LogP contribution >= 0.6 is 12.4 Å². The Morgan fingerprint density at radius 3 is 2.67 bits per heavy atom. The lowest BCUT2D eigenvalue weighted by Gasteiger charge is -2.44. The molecule has 2 amide bonds. The molecule has 1 aromatic heterocycles. The monoisotopic (exact) mass is 587 g/mol. The van der Waals surface area contributed by atoms with Crippen molar-refractivity contribution in [2.24, 2.45) is 0 Å². The fourth-order valence-electron chi connectivity index (χ4n) is 4.26. The molecule has 0 spiro atoms. The zero-order valence-electron chi connectivity index (χ0n) is 21.6. The first-order valence-electron chi connectivity index (χ1n) is 12.1. The molecule has 2 aliphatic rings. The molecule has 0 aliphatic carbocycles. The van der Waals surface area contributed by atoms with Crippen molar-refractivity contribution in [2.75, 3.05) is 33.7 Å². The number of methoxy groups -OCH3 is 1. The van der Waals surface area contributed by atoms with Gasteiger partial charge >= 0.3 is 6.16 Å². The number of benzene rings is 1. The Hall–Kier alpha value is -3.75. The topological polar surface area (TPSA) is 135 Å². The van der Waals surface area contributed by atoms with Gasteiger partial charge in [0, 0.05) is 37.5 Å². The molecule has 4 rings (SSSR count). The molecule has 15 heteroatoms. The zero-order chi connectivity index (χ0) is 28.1. The van der Waals surface area contributed by atoms with E-state index in [0.717, 1.165) is 12.1 Å². The Kier molecular flexibility index (Phi) is 10.4. The van der Waals surface area contributed by atoms with Crippen LogP contribution in [0.1, 0.15) is 39.8 Å². The Labute approximate surface area is 233 Å². The van der Waals surface area contributed by atoms with Gasteiger partial charge in [0.25, 0.3) is 11.8 Å². The minimum absolute atomic E-state index is 0. The van der Waals surface area contributed by atoms with Crippen molar-refractivity contribution >= 4 is 30.4 Å². The second-order valence-electron chi connectivity index (χ2n) is 8.79. The zero-order valence-corrected chi connectivity index (χ0v) is 22.5. The third-order valence-corrected chi connectivity index (χ3v) is 6.25. The van der Waals surface area contributed by atoms with Crippen molar-refractivity contribution in [2.45, 2.75) is 38.7 Å². The number of pyridine rings is 1. The van der Waals surface area contributed by atoms with Crippen LogP contribution in [-0.4, -0.2) is 73.4 Å². The van der Waals surface area contributed by atoms with Crippen LogP contribution in [0.15, 0.2) is 29.2 Å². The highest BCUT2D eigenvalue weighted by atomic mass is 35.5. The predicted octanol–water partition coefficient (Wildman–Crippen LogP) is 2.20. The lowest BCUT2D eigenvalue weighted by atomic mass is 10.1. The molecule has 2 aromatic rings. The summed E-state index contributed by atoms with van der Waals surface area (Å²) in [6, 6.07) is 2.68. The average molecular weight is 588 g/mol. The van der Waals surface area contributed by atoms with E-state index in [0.29, 0.717) is 19.1 Å². The molecule has 1 N–H and O–H groups in total. The van der Waals surface area contributed by atoms with Crippen molar-refractivity contribution in [1.82, 2.24) is 14.8 Å². The number of rotatable bonds is 9. The molecule has 40 heavy (non-hydrogen) atoms. The smallest absolute Gasteiger partial charge is 0.451 e. The first-order chi connectivity index (χ1) is 18.7. The molecule has 0 saturated carbocycles. The lowest BCUT2D eigenvalue weighted by molar-refractivity contribution is -0.112. The molecule has 0 bridgehead atoms. The summed E-state index contributed by atoms with van der Waals surface area (Å²) in [6.45, 7) is 1.29. The van der Waals surface area contributed by atoms with Crippen molar-refractivity contribution < 1.29 is 46.8 Å². The maximum Gasteiger partial charge on any atom is 0.511 e. The van der Waals surface area contributed by atoms with Gasteiger partial charge in [-0.1, -0.05) is 6.07 Å².